The Morgan fingerprint density at radius 2 is 1.59 bits per heavy atom. The number of carbonyl (C=O) groups is 2. The van der Waals surface area contributed by atoms with Crippen LogP contribution in [0.3, 0.4) is 0 Å². The van der Waals surface area contributed by atoms with Gasteiger partial charge in [0.1, 0.15) is 5.75 Å². The summed E-state index contributed by atoms with van der Waals surface area (Å²) in [6.07, 6.45) is 0.0317. The van der Waals surface area contributed by atoms with Crippen molar-refractivity contribution in [2.24, 2.45) is 0 Å². The molecule has 1 aliphatic rings. The van der Waals surface area contributed by atoms with Gasteiger partial charge in [0.25, 0.3) is 11.8 Å². The largest absolute Gasteiger partial charge is 0.491 e. The lowest BCUT2D eigenvalue weighted by Gasteiger charge is -2.37. The number of carbonyl (C=O) groups excluding carboxylic acids is 2. The van der Waals surface area contributed by atoms with Crippen molar-refractivity contribution in [3.8, 4) is 5.75 Å². The van der Waals surface area contributed by atoms with E-state index in [0.29, 0.717) is 48.1 Å². The number of anilines is 2. The van der Waals surface area contributed by atoms with Crippen LogP contribution in [0.5, 0.6) is 5.75 Å². The number of benzene rings is 3. The number of nitrogens with one attached hydrogen (secondary N) is 1. The van der Waals surface area contributed by atoms with Crippen molar-refractivity contribution in [3.63, 3.8) is 0 Å². The highest BCUT2D eigenvalue weighted by Gasteiger charge is 2.24. The van der Waals surface area contributed by atoms with Gasteiger partial charge >= 0.3 is 0 Å². The number of rotatable bonds is 6. The highest BCUT2D eigenvalue weighted by atomic mass is 35.5. The van der Waals surface area contributed by atoms with Crippen LogP contribution in [-0.4, -0.2) is 49.0 Å². The van der Waals surface area contributed by atoms with Crippen molar-refractivity contribution in [1.29, 1.82) is 0 Å². The van der Waals surface area contributed by atoms with E-state index in [9.17, 15) is 9.59 Å². The lowest BCUT2D eigenvalue weighted by Crippen LogP contribution is -2.49. The summed E-state index contributed by atoms with van der Waals surface area (Å²) in [6, 6.07) is 21.9. The van der Waals surface area contributed by atoms with Crippen molar-refractivity contribution in [2.45, 2.75) is 20.0 Å². The fourth-order valence-corrected chi connectivity index (χ4v) is 4.08. The summed E-state index contributed by atoms with van der Waals surface area (Å²) in [6.45, 7) is 6.43. The van der Waals surface area contributed by atoms with Crippen molar-refractivity contribution < 1.29 is 14.3 Å². The zero-order chi connectivity index (χ0) is 24.1. The van der Waals surface area contributed by atoms with Gasteiger partial charge in [-0.1, -0.05) is 29.8 Å². The Hall–Kier alpha value is -3.51. The molecule has 6 nitrogen and oxygen atoms in total. The minimum absolute atomic E-state index is 0.00130. The summed E-state index contributed by atoms with van der Waals surface area (Å²) < 4.78 is 5.71. The maximum absolute atomic E-state index is 13.0. The average molecular weight is 478 g/mol. The number of hydrogen-bond donors (Lipinski definition) is 1. The molecule has 7 heteroatoms. The quantitative estimate of drug-likeness (QED) is 0.520. The first kappa shape index (κ1) is 23.6. The minimum Gasteiger partial charge on any atom is -0.491 e. The second-order valence-corrected chi connectivity index (χ2v) is 8.89. The van der Waals surface area contributed by atoms with E-state index < -0.39 is 0 Å². The van der Waals surface area contributed by atoms with Gasteiger partial charge in [-0.2, -0.15) is 0 Å². The highest BCUT2D eigenvalue weighted by Crippen LogP contribution is 2.28. The normalized spacial score (nSPS) is 13.6. The molecule has 0 bridgehead atoms. The van der Waals surface area contributed by atoms with Crippen LogP contribution >= 0.6 is 11.6 Å². The fourth-order valence-electron chi connectivity index (χ4n) is 3.96. The molecule has 1 saturated heterocycles. The molecule has 1 aliphatic heterocycles. The summed E-state index contributed by atoms with van der Waals surface area (Å²) in [5, 5.41) is 3.65. The number of ether oxygens (including phenoxy) is 1. The summed E-state index contributed by atoms with van der Waals surface area (Å²) >= 11 is 5.94. The molecule has 0 aliphatic carbocycles. The van der Waals surface area contributed by atoms with Crippen LogP contribution in [-0.2, 0) is 0 Å². The summed E-state index contributed by atoms with van der Waals surface area (Å²) in [5.41, 5.74) is 2.84. The molecule has 3 aromatic carbocycles. The molecule has 0 atom stereocenters. The third-order valence-corrected chi connectivity index (χ3v) is 5.87. The van der Waals surface area contributed by atoms with E-state index in [1.165, 1.54) is 0 Å². The molecule has 0 unspecified atom stereocenters. The van der Waals surface area contributed by atoms with Crippen LogP contribution in [0.4, 0.5) is 11.4 Å². The van der Waals surface area contributed by atoms with E-state index in [2.05, 4.69) is 10.2 Å². The van der Waals surface area contributed by atoms with E-state index >= 15 is 0 Å². The van der Waals surface area contributed by atoms with E-state index in [-0.39, 0.29) is 17.9 Å². The predicted octanol–water partition coefficient (Wildman–Crippen LogP) is 5.34. The Morgan fingerprint density at radius 3 is 2.29 bits per heavy atom. The Kier molecular flexibility index (Phi) is 7.38. The van der Waals surface area contributed by atoms with E-state index in [0.717, 1.165) is 11.4 Å². The van der Waals surface area contributed by atoms with Gasteiger partial charge in [-0.05, 0) is 68.4 Å². The van der Waals surface area contributed by atoms with E-state index in [1.807, 2.05) is 55.1 Å². The van der Waals surface area contributed by atoms with Gasteiger partial charge in [0.05, 0.1) is 17.5 Å². The first-order valence-corrected chi connectivity index (χ1v) is 11.8. The Balaban J connectivity index is 1.42. The lowest BCUT2D eigenvalue weighted by atomic mass is 10.1. The second-order valence-electron chi connectivity index (χ2n) is 8.45. The first-order chi connectivity index (χ1) is 16.4. The predicted molar refractivity (Wildman–Crippen MR) is 136 cm³/mol. The zero-order valence-electron chi connectivity index (χ0n) is 19.3. The van der Waals surface area contributed by atoms with Crippen LogP contribution in [0.15, 0.2) is 72.8 Å². The van der Waals surface area contributed by atoms with Gasteiger partial charge in [-0.3, -0.25) is 9.59 Å². The van der Waals surface area contributed by atoms with Crippen molar-refractivity contribution >= 4 is 34.8 Å². The maximum Gasteiger partial charge on any atom is 0.255 e. The zero-order valence-corrected chi connectivity index (χ0v) is 20.1. The van der Waals surface area contributed by atoms with Gasteiger partial charge in [0.2, 0.25) is 0 Å². The summed E-state index contributed by atoms with van der Waals surface area (Å²) in [7, 11) is 0. The number of amides is 2. The molecule has 1 N–H and O–H groups in total. The van der Waals surface area contributed by atoms with Gasteiger partial charge in [0, 0.05) is 42.3 Å². The second kappa shape index (κ2) is 10.6. The number of halogens is 1. The molecule has 176 valence electrons. The Labute approximate surface area is 205 Å². The van der Waals surface area contributed by atoms with Gasteiger partial charge in [-0.25, -0.2) is 0 Å². The SMILES string of the molecule is CC(C)Oc1cccc(C(=O)Nc2ccccc2N2CCN(C(=O)c3ccc(Cl)cc3)CC2)c1. The molecular weight excluding hydrogens is 450 g/mol. The summed E-state index contributed by atoms with van der Waals surface area (Å²) in [5.74, 6) is 0.469. The van der Waals surface area contributed by atoms with Crippen LogP contribution in [0, 0.1) is 0 Å². The van der Waals surface area contributed by atoms with Crippen LogP contribution in [0.25, 0.3) is 0 Å². The first-order valence-electron chi connectivity index (χ1n) is 11.4. The number of para-hydroxylation sites is 2. The molecule has 2 amide bonds. The van der Waals surface area contributed by atoms with Gasteiger partial charge in [-0.15, -0.1) is 0 Å². The molecule has 1 heterocycles. The van der Waals surface area contributed by atoms with Crippen LogP contribution < -0.4 is 15.0 Å². The standard InChI is InChI=1S/C27H28ClN3O3/c1-19(2)34-23-7-5-6-21(18-23)26(32)29-24-8-3-4-9-25(24)30-14-16-31(17-15-30)27(33)20-10-12-22(28)13-11-20/h3-13,18-19H,14-17H2,1-2H3,(H,29,32). The van der Waals surface area contributed by atoms with E-state index in [4.69, 9.17) is 16.3 Å². The van der Waals surface area contributed by atoms with Crippen molar-refractivity contribution in [2.75, 3.05) is 36.4 Å². The molecule has 3 aromatic rings. The molecular formula is C27H28ClN3O3. The topological polar surface area (TPSA) is 61.9 Å². The smallest absolute Gasteiger partial charge is 0.255 e. The lowest BCUT2D eigenvalue weighted by molar-refractivity contribution is 0.0746. The van der Waals surface area contributed by atoms with Crippen LogP contribution in [0.1, 0.15) is 34.6 Å². The minimum atomic E-state index is -0.196. The average Bonchev–Trinajstić information content (AvgIpc) is 2.84. The molecule has 0 saturated carbocycles. The van der Waals surface area contributed by atoms with Crippen molar-refractivity contribution in [1.82, 2.24) is 4.90 Å². The van der Waals surface area contributed by atoms with Crippen molar-refractivity contribution in [3.05, 3.63) is 88.9 Å². The molecule has 0 spiro atoms. The van der Waals surface area contributed by atoms with Crippen LogP contribution in [0.2, 0.25) is 5.02 Å². The molecule has 34 heavy (non-hydrogen) atoms. The van der Waals surface area contributed by atoms with Gasteiger partial charge in [0.15, 0.2) is 0 Å². The number of piperazine rings is 1. The molecule has 0 aromatic heterocycles. The van der Waals surface area contributed by atoms with E-state index in [1.54, 1.807) is 36.4 Å². The summed E-state index contributed by atoms with van der Waals surface area (Å²) in [4.78, 5) is 29.8. The molecule has 4 rings (SSSR count). The number of hydrogen-bond acceptors (Lipinski definition) is 4. The monoisotopic (exact) mass is 477 g/mol. The third kappa shape index (κ3) is 5.69. The Bertz CT molecular complexity index is 1160. The maximum atomic E-state index is 13.0. The Morgan fingerprint density at radius 1 is 0.882 bits per heavy atom. The molecule has 0 radical (unpaired) electrons. The third-order valence-electron chi connectivity index (χ3n) is 5.62. The fraction of sp³-hybridized carbons (Fsp3) is 0.259. The number of nitrogens with zero attached hydrogens (tertiary/aromatic N) is 2. The van der Waals surface area contributed by atoms with Gasteiger partial charge < -0.3 is 19.9 Å². The molecule has 1 fully saturated rings. The highest BCUT2D eigenvalue weighted by molar-refractivity contribution is 6.30.